The molecule has 1 fully saturated rings. The summed E-state index contributed by atoms with van der Waals surface area (Å²) in [6, 6.07) is 17.2. The zero-order valence-electron chi connectivity index (χ0n) is 12.8. The van der Waals surface area contributed by atoms with E-state index < -0.39 is 6.03 Å². The highest BCUT2D eigenvalue weighted by Crippen LogP contribution is 2.47. The van der Waals surface area contributed by atoms with Crippen LogP contribution < -0.4 is 10.5 Å². The maximum absolute atomic E-state index is 10.8. The van der Waals surface area contributed by atoms with E-state index in [0.717, 1.165) is 17.7 Å². The van der Waals surface area contributed by atoms with E-state index in [1.165, 1.54) is 5.56 Å². The third-order valence-corrected chi connectivity index (χ3v) is 4.14. The maximum Gasteiger partial charge on any atom is 0.338 e. The molecule has 120 valence electrons. The summed E-state index contributed by atoms with van der Waals surface area (Å²) in [4.78, 5) is 10.8. The summed E-state index contributed by atoms with van der Waals surface area (Å²) in [6.45, 7) is 0.830. The minimum Gasteiger partial charge on any atom is -0.489 e. The first-order valence-electron chi connectivity index (χ1n) is 7.66. The lowest BCUT2D eigenvalue weighted by Gasteiger charge is -2.11. The number of primary amides is 1. The fraction of sp³-hybridized carbons (Fsp3) is 0.278. The molecule has 3 rings (SSSR count). The first kappa shape index (κ1) is 15.4. The van der Waals surface area contributed by atoms with Crippen molar-refractivity contribution in [1.29, 1.82) is 0 Å². The Morgan fingerprint density at radius 2 is 1.87 bits per heavy atom. The van der Waals surface area contributed by atoms with Crippen molar-refractivity contribution in [3.05, 3.63) is 65.7 Å². The van der Waals surface area contributed by atoms with Crippen LogP contribution in [0.5, 0.6) is 5.75 Å². The van der Waals surface area contributed by atoms with Crippen molar-refractivity contribution in [2.24, 2.45) is 11.7 Å². The van der Waals surface area contributed by atoms with Crippen molar-refractivity contribution < 1.29 is 14.7 Å². The number of rotatable bonds is 6. The Bertz CT molecular complexity index is 658. The second-order valence-electron chi connectivity index (χ2n) is 5.87. The Balaban J connectivity index is 1.51. The molecule has 1 aliphatic rings. The van der Waals surface area contributed by atoms with E-state index in [-0.39, 0.29) is 12.5 Å². The number of benzene rings is 2. The van der Waals surface area contributed by atoms with Crippen molar-refractivity contribution >= 4 is 6.03 Å². The largest absolute Gasteiger partial charge is 0.489 e. The lowest BCUT2D eigenvalue weighted by molar-refractivity contribution is -0.0431. The Morgan fingerprint density at radius 1 is 1.17 bits per heavy atom. The molecule has 1 aliphatic carbocycles. The molecule has 2 atom stereocenters. The molecule has 2 aromatic carbocycles. The summed E-state index contributed by atoms with van der Waals surface area (Å²) in [7, 11) is 0. The van der Waals surface area contributed by atoms with Gasteiger partial charge >= 0.3 is 6.03 Å². The van der Waals surface area contributed by atoms with E-state index in [4.69, 9.17) is 10.5 Å². The maximum atomic E-state index is 10.8. The van der Waals surface area contributed by atoms with Crippen LogP contribution in [0.15, 0.2) is 54.6 Å². The number of carbonyl (C=O) groups excluding carboxylic acids is 1. The fourth-order valence-corrected chi connectivity index (χ4v) is 2.72. The summed E-state index contributed by atoms with van der Waals surface area (Å²) in [6.07, 6.45) is 0.953. The monoisotopic (exact) mass is 312 g/mol. The van der Waals surface area contributed by atoms with Crippen LogP contribution in [0, 0.1) is 5.92 Å². The molecule has 0 bridgehead atoms. The predicted octanol–water partition coefficient (Wildman–Crippen LogP) is 3.14. The molecular weight excluding hydrogens is 292 g/mol. The highest BCUT2D eigenvalue weighted by Gasteiger charge is 2.39. The molecule has 0 saturated heterocycles. The lowest BCUT2D eigenvalue weighted by atomic mass is 10.1. The number of hydrogen-bond acceptors (Lipinski definition) is 3. The van der Waals surface area contributed by atoms with E-state index in [1.807, 2.05) is 54.6 Å². The van der Waals surface area contributed by atoms with Gasteiger partial charge in [-0.05, 0) is 41.5 Å². The Kier molecular flexibility index (Phi) is 4.48. The number of hydrogen-bond donors (Lipinski definition) is 2. The van der Waals surface area contributed by atoms with Crippen molar-refractivity contribution in [1.82, 2.24) is 5.06 Å². The number of urea groups is 1. The molecule has 0 aliphatic heterocycles. The predicted molar refractivity (Wildman–Crippen MR) is 86.1 cm³/mol. The zero-order chi connectivity index (χ0) is 16.2. The van der Waals surface area contributed by atoms with E-state index >= 15 is 0 Å². The van der Waals surface area contributed by atoms with Gasteiger partial charge in [-0.15, -0.1) is 0 Å². The van der Waals surface area contributed by atoms with Crippen LogP contribution in [0.2, 0.25) is 0 Å². The highest BCUT2D eigenvalue weighted by atomic mass is 16.5. The summed E-state index contributed by atoms with van der Waals surface area (Å²) >= 11 is 0. The van der Waals surface area contributed by atoms with Crippen molar-refractivity contribution in [3.8, 4) is 5.75 Å². The number of ether oxygens (including phenoxy) is 1. The van der Waals surface area contributed by atoms with Gasteiger partial charge in [0, 0.05) is 0 Å². The summed E-state index contributed by atoms with van der Waals surface area (Å²) in [5, 5.41) is 9.95. The number of amides is 2. The van der Waals surface area contributed by atoms with Crippen molar-refractivity contribution in [2.45, 2.75) is 18.9 Å². The minimum absolute atomic E-state index is 0.267. The summed E-state index contributed by atoms with van der Waals surface area (Å²) in [5.41, 5.74) is 7.34. The van der Waals surface area contributed by atoms with Gasteiger partial charge in [-0.2, -0.15) is 0 Å². The third kappa shape index (κ3) is 4.02. The average Bonchev–Trinajstić information content (AvgIpc) is 3.33. The number of hydroxylamine groups is 2. The molecule has 0 aromatic heterocycles. The van der Waals surface area contributed by atoms with Gasteiger partial charge in [-0.3, -0.25) is 5.21 Å². The minimum atomic E-state index is -0.805. The van der Waals surface area contributed by atoms with E-state index in [0.29, 0.717) is 17.6 Å². The number of nitrogens with zero attached hydrogens (tertiary/aromatic N) is 1. The first-order valence-corrected chi connectivity index (χ1v) is 7.66. The van der Waals surface area contributed by atoms with Gasteiger partial charge in [0.05, 0.1) is 6.54 Å². The second kappa shape index (κ2) is 6.71. The first-order chi connectivity index (χ1) is 11.1. The molecule has 0 radical (unpaired) electrons. The van der Waals surface area contributed by atoms with E-state index in [9.17, 15) is 10.0 Å². The molecule has 0 spiro atoms. The van der Waals surface area contributed by atoms with Crippen LogP contribution in [-0.2, 0) is 6.61 Å². The molecule has 0 heterocycles. The molecule has 1 saturated carbocycles. The highest BCUT2D eigenvalue weighted by molar-refractivity contribution is 5.70. The van der Waals surface area contributed by atoms with Crippen LogP contribution in [-0.4, -0.2) is 22.8 Å². The van der Waals surface area contributed by atoms with Gasteiger partial charge in [0.1, 0.15) is 12.4 Å². The Hall–Kier alpha value is -2.53. The second-order valence-corrected chi connectivity index (χ2v) is 5.87. The summed E-state index contributed by atoms with van der Waals surface area (Å²) < 4.78 is 5.76. The van der Waals surface area contributed by atoms with Gasteiger partial charge < -0.3 is 10.5 Å². The normalized spacial score (nSPS) is 19.2. The van der Waals surface area contributed by atoms with Crippen LogP contribution in [0.3, 0.4) is 0 Å². The van der Waals surface area contributed by atoms with Gasteiger partial charge in [0.25, 0.3) is 0 Å². The molecule has 3 N–H and O–H groups in total. The van der Waals surface area contributed by atoms with E-state index in [2.05, 4.69) is 0 Å². The smallest absolute Gasteiger partial charge is 0.338 e. The molecule has 2 amide bonds. The van der Waals surface area contributed by atoms with Gasteiger partial charge in [0.2, 0.25) is 0 Å². The average molecular weight is 312 g/mol. The van der Waals surface area contributed by atoms with Gasteiger partial charge in [-0.1, -0.05) is 42.5 Å². The molecule has 2 aromatic rings. The molecular formula is C18H20N2O3. The Morgan fingerprint density at radius 3 is 2.52 bits per heavy atom. The molecule has 5 heteroatoms. The van der Waals surface area contributed by atoms with Crippen molar-refractivity contribution in [2.75, 3.05) is 6.54 Å². The van der Waals surface area contributed by atoms with Gasteiger partial charge in [-0.25, -0.2) is 9.86 Å². The molecule has 23 heavy (non-hydrogen) atoms. The molecule has 5 nitrogen and oxygen atoms in total. The van der Waals surface area contributed by atoms with Crippen LogP contribution in [0.25, 0.3) is 0 Å². The SMILES string of the molecule is NC(=O)N(O)C[C@@H]1C[C@H]1c1ccc(OCc2ccccc2)cc1. The topological polar surface area (TPSA) is 75.8 Å². The van der Waals surface area contributed by atoms with E-state index in [1.54, 1.807) is 0 Å². The molecule has 0 unspecified atom stereocenters. The fourth-order valence-electron chi connectivity index (χ4n) is 2.72. The van der Waals surface area contributed by atoms with Crippen LogP contribution >= 0.6 is 0 Å². The number of carbonyl (C=O) groups is 1. The quantitative estimate of drug-likeness (QED) is 0.635. The van der Waals surface area contributed by atoms with Crippen LogP contribution in [0.4, 0.5) is 4.79 Å². The summed E-state index contributed by atoms with van der Waals surface area (Å²) in [5.74, 6) is 1.46. The van der Waals surface area contributed by atoms with Gasteiger partial charge in [0.15, 0.2) is 0 Å². The number of nitrogens with two attached hydrogens (primary N) is 1. The lowest BCUT2D eigenvalue weighted by Crippen LogP contribution is -2.34. The standard InChI is InChI=1S/C18H20N2O3/c19-18(21)20(22)11-15-10-17(15)14-6-8-16(9-7-14)23-12-13-4-2-1-3-5-13/h1-9,15,17,22H,10-12H2,(H2,19,21)/t15-,17-/m0/s1. The Labute approximate surface area is 135 Å². The third-order valence-electron chi connectivity index (χ3n) is 4.14. The zero-order valence-corrected chi connectivity index (χ0v) is 12.8. The van der Waals surface area contributed by atoms with Crippen molar-refractivity contribution in [3.63, 3.8) is 0 Å². The van der Waals surface area contributed by atoms with Crippen LogP contribution in [0.1, 0.15) is 23.5 Å².